The minimum Gasteiger partial charge on any atom is -0.373 e. The molecule has 0 radical (unpaired) electrons. The number of methoxy groups -OCH3 is 1. The fraction of sp³-hybridized carbons (Fsp3) is 1.00. The first-order valence-electron chi connectivity index (χ1n) is 6.31. The van der Waals surface area contributed by atoms with Crippen molar-refractivity contribution in [3.05, 3.63) is 0 Å². The lowest BCUT2D eigenvalue weighted by Gasteiger charge is -2.32. The molecule has 0 rings (SSSR count). The van der Waals surface area contributed by atoms with E-state index in [1.165, 1.54) is 6.42 Å². The van der Waals surface area contributed by atoms with Crippen LogP contribution in [-0.4, -0.2) is 31.6 Å². The van der Waals surface area contributed by atoms with Gasteiger partial charge in [0.05, 0.1) is 18.4 Å². The highest BCUT2D eigenvalue weighted by Gasteiger charge is 2.23. The van der Waals surface area contributed by atoms with Crippen molar-refractivity contribution in [2.45, 2.75) is 71.6 Å². The third-order valence-electron chi connectivity index (χ3n) is 2.59. The van der Waals surface area contributed by atoms with Gasteiger partial charge in [-0.3, -0.25) is 5.32 Å². The highest BCUT2D eigenvalue weighted by atomic mass is 16.5. The zero-order chi connectivity index (χ0) is 12.6. The smallest absolute Gasteiger partial charge is 0.0963 e. The molecule has 0 aliphatic carbocycles. The van der Waals surface area contributed by atoms with Crippen LogP contribution in [0.25, 0.3) is 0 Å². The van der Waals surface area contributed by atoms with E-state index in [1.807, 2.05) is 0 Å². The molecule has 0 bridgehead atoms. The summed E-state index contributed by atoms with van der Waals surface area (Å²) in [5.74, 6) is 0. The van der Waals surface area contributed by atoms with Crippen molar-refractivity contribution in [3.8, 4) is 0 Å². The minimum absolute atomic E-state index is 0.0747. The van der Waals surface area contributed by atoms with Crippen LogP contribution in [-0.2, 0) is 9.47 Å². The summed E-state index contributed by atoms with van der Waals surface area (Å²) in [5, 5.41) is 3.29. The highest BCUT2D eigenvalue weighted by molar-refractivity contribution is 4.76. The second kappa shape index (κ2) is 8.04. The first-order chi connectivity index (χ1) is 7.41. The van der Waals surface area contributed by atoms with Crippen molar-refractivity contribution < 1.29 is 9.47 Å². The van der Waals surface area contributed by atoms with E-state index in [4.69, 9.17) is 9.47 Å². The van der Waals surface area contributed by atoms with Crippen LogP contribution >= 0.6 is 0 Å². The van der Waals surface area contributed by atoms with Crippen LogP contribution in [0.5, 0.6) is 0 Å². The Bertz CT molecular complexity index is 171. The fourth-order valence-corrected chi connectivity index (χ4v) is 2.09. The average Bonchev–Trinajstić information content (AvgIpc) is 2.13. The van der Waals surface area contributed by atoms with Crippen molar-refractivity contribution in [1.82, 2.24) is 5.32 Å². The lowest BCUT2D eigenvalue weighted by molar-refractivity contribution is -0.0758. The quantitative estimate of drug-likeness (QED) is 0.619. The molecule has 98 valence electrons. The van der Waals surface area contributed by atoms with Gasteiger partial charge in [-0.05, 0) is 40.5 Å². The first kappa shape index (κ1) is 15.9. The van der Waals surface area contributed by atoms with Crippen molar-refractivity contribution in [2.24, 2.45) is 0 Å². The van der Waals surface area contributed by atoms with E-state index in [0.29, 0.717) is 18.9 Å². The van der Waals surface area contributed by atoms with Gasteiger partial charge in [-0.15, -0.1) is 0 Å². The topological polar surface area (TPSA) is 30.5 Å². The number of hydrogen-bond acceptors (Lipinski definition) is 3. The van der Waals surface area contributed by atoms with E-state index < -0.39 is 0 Å². The fourth-order valence-electron chi connectivity index (χ4n) is 2.09. The van der Waals surface area contributed by atoms with Gasteiger partial charge in [-0.25, -0.2) is 0 Å². The van der Waals surface area contributed by atoms with Crippen molar-refractivity contribution in [2.75, 3.05) is 13.8 Å². The molecule has 16 heavy (non-hydrogen) atoms. The molecule has 0 aliphatic rings. The summed E-state index contributed by atoms with van der Waals surface area (Å²) in [6.07, 6.45) is 3.64. The second-order valence-corrected chi connectivity index (χ2v) is 5.22. The Morgan fingerprint density at radius 1 is 1.25 bits per heavy atom. The molecular formula is C13H29NO2. The van der Waals surface area contributed by atoms with E-state index in [2.05, 4.69) is 39.9 Å². The molecule has 0 fully saturated rings. The summed E-state index contributed by atoms with van der Waals surface area (Å²) in [5.41, 5.74) is -0.0747. The van der Waals surface area contributed by atoms with E-state index in [9.17, 15) is 0 Å². The number of hydrogen-bond donors (Lipinski definition) is 1. The second-order valence-electron chi connectivity index (χ2n) is 5.22. The maximum atomic E-state index is 6.05. The van der Waals surface area contributed by atoms with Crippen LogP contribution in [0, 0.1) is 0 Å². The molecule has 2 unspecified atom stereocenters. The monoisotopic (exact) mass is 231 g/mol. The van der Waals surface area contributed by atoms with E-state index in [0.717, 1.165) is 12.8 Å². The molecule has 0 aromatic heterocycles. The summed E-state index contributed by atoms with van der Waals surface area (Å²) in [7, 11) is 1.70. The van der Waals surface area contributed by atoms with Crippen LogP contribution < -0.4 is 5.32 Å². The zero-order valence-corrected chi connectivity index (χ0v) is 11.8. The Morgan fingerprint density at radius 2 is 1.88 bits per heavy atom. The van der Waals surface area contributed by atoms with Crippen molar-refractivity contribution in [3.63, 3.8) is 0 Å². The third-order valence-corrected chi connectivity index (χ3v) is 2.59. The molecule has 0 saturated heterocycles. The van der Waals surface area contributed by atoms with Gasteiger partial charge in [0.1, 0.15) is 0 Å². The minimum atomic E-state index is -0.0747. The Hall–Kier alpha value is -0.120. The van der Waals surface area contributed by atoms with Gasteiger partial charge in [0.25, 0.3) is 0 Å². The lowest BCUT2D eigenvalue weighted by Crippen LogP contribution is -2.38. The standard InChI is InChI=1S/C13H29NO2/c1-7-8-12(3)16-13(4,5)9-11(2)14-10-15-6/h11-12,14H,7-10H2,1-6H3. The summed E-state index contributed by atoms with van der Waals surface area (Å²) >= 11 is 0. The molecule has 3 heteroatoms. The summed E-state index contributed by atoms with van der Waals surface area (Å²) in [6.45, 7) is 11.4. The molecule has 2 atom stereocenters. The predicted molar refractivity (Wildman–Crippen MR) is 68.6 cm³/mol. The predicted octanol–water partition coefficient (Wildman–Crippen LogP) is 2.94. The van der Waals surface area contributed by atoms with Gasteiger partial charge in [0, 0.05) is 13.2 Å². The molecule has 0 aromatic carbocycles. The molecule has 0 spiro atoms. The molecule has 0 aromatic rings. The third kappa shape index (κ3) is 8.08. The van der Waals surface area contributed by atoms with Gasteiger partial charge in [0.15, 0.2) is 0 Å². The van der Waals surface area contributed by atoms with Gasteiger partial charge >= 0.3 is 0 Å². The van der Waals surface area contributed by atoms with Crippen LogP contribution in [0.3, 0.4) is 0 Å². The van der Waals surface area contributed by atoms with E-state index in [-0.39, 0.29) is 5.60 Å². The van der Waals surface area contributed by atoms with E-state index in [1.54, 1.807) is 7.11 Å². The number of ether oxygens (including phenoxy) is 2. The Morgan fingerprint density at radius 3 is 2.38 bits per heavy atom. The normalized spacial score (nSPS) is 16.1. The van der Waals surface area contributed by atoms with Crippen molar-refractivity contribution >= 4 is 0 Å². The largest absolute Gasteiger partial charge is 0.373 e. The Kier molecular flexibility index (Phi) is 7.98. The molecule has 1 N–H and O–H groups in total. The lowest BCUT2D eigenvalue weighted by atomic mass is 9.99. The van der Waals surface area contributed by atoms with Crippen LogP contribution in [0.2, 0.25) is 0 Å². The molecule has 0 amide bonds. The maximum Gasteiger partial charge on any atom is 0.0963 e. The van der Waals surface area contributed by atoms with Crippen LogP contribution in [0.4, 0.5) is 0 Å². The Balaban J connectivity index is 3.92. The number of rotatable bonds is 9. The van der Waals surface area contributed by atoms with Gasteiger partial charge < -0.3 is 9.47 Å². The molecular weight excluding hydrogens is 202 g/mol. The number of nitrogens with one attached hydrogen (secondary N) is 1. The van der Waals surface area contributed by atoms with Crippen LogP contribution in [0.15, 0.2) is 0 Å². The van der Waals surface area contributed by atoms with E-state index >= 15 is 0 Å². The summed E-state index contributed by atoms with van der Waals surface area (Å²) < 4.78 is 11.0. The summed E-state index contributed by atoms with van der Waals surface area (Å²) in [4.78, 5) is 0. The van der Waals surface area contributed by atoms with Crippen molar-refractivity contribution in [1.29, 1.82) is 0 Å². The maximum absolute atomic E-state index is 6.05. The molecule has 0 saturated carbocycles. The molecule has 0 aliphatic heterocycles. The molecule has 3 nitrogen and oxygen atoms in total. The van der Waals surface area contributed by atoms with Gasteiger partial charge in [-0.1, -0.05) is 13.3 Å². The van der Waals surface area contributed by atoms with Crippen LogP contribution in [0.1, 0.15) is 53.9 Å². The zero-order valence-electron chi connectivity index (χ0n) is 11.8. The molecule has 0 heterocycles. The first-order valence-corrected chi connectivity index (χ1v) is 6.31. The van der Waals surface area contributed by atoms with Gasteiger partial charge in [0.2, 0.25) is 0 Å². The highest BCUT2D eigenvalue weighted by Crippen LogP contribution is 2.20. The Labute approximate surface area is 101 Å². The summed E-state index contributed by atoms with van der Waals surface area (Å²) in [6, 6.07) is 0.406. The average molecular weight is 231 g/mol. The van der Waals surface area contributed by atoms with Gasteiger partial charge in [-0.2, -0.15) is 0 Å². The SMILES string of the molecule is CCCC(C)OC(C)(C)CC(C)NCOC.